The first-order valence-corrected chi connectivity index (χ1v) is 6.78. The van der Waals surface area contributed by atoms with E-state index in [1.54, 1.807) is 18.2 Å². The van der Waals surface area contributed by atoms with E-state index in [2.05, 4.69) is 26.2 Å². The molecule has 1 aromatic heterocycles. The number of anilines is 1. The molecule has 2 amide bonds. The van der Waals surface area contributed by atoms with Crippen LogP contribution in [0, 0.1) is 11.8 Å². The summed E-state index contributed by atoms with van der Waals surface area (Å²) in [5.41, 5.74) is 0. The van der Waals surface area contributed by atoms with Gasteiger partial charge in [-0.1, -0.05) is 6.07 Å². The molecule has 0 radical (unpaired) electrons. The molecule has 1 saturated carbocycles. The van der Waals surface area contributed by atoms with E-state index in [1.165, 1.54) is 4.90 Å². The van der Waals surface area contributed by atoms with E-state index in [-0.39, 0.29) is 11.8 Å². The van der Waals surface area contributed by atoms with Gasteiger partial charge >= 0.3 is 6.09 Å². The summed E-state index contributed by atoms with van der Waals surface area (Å²) in [4.78, 5) is 28.7. The summed E-state index contributed by atoms with van der Waals surface area (Å²) < 4.78 is 0.621. The Morgan fingerprint density at radius 1 is 1.47 bits per heavy atom. The SMILES string of the molecule is O=C(Nc1cccc(Br)n1)C1C2CC2CN1C(=O)O. The number of halogens is 1. The molecular formula is C12H12BrN3O3. The van der Waals surface area contributed by atoms with E-state index < -0.39 is 12.1 Å². The topological polar surface area (TPSA) is 82.5 Å². The molecule has 3 unspecified atom stereocenters. The Balaban J connectivity index is 1.74. The highest BCUT2D eigenvalue weighted by Gasteiger charge is 2.57. The summed E-state index contributed by atoms with van der Waals surface area (Å²) in [5.74, 6) is 0.650. The van der Waals surface area contributed by atoms with Crippen molar-refractivity contribution < 1.29 is 14.7 Å². The van der Waals surface area contributed by atoms with E-state index >= 15 is 0 Å². The zero-order chi connectivity index (χ0) is 13.6. The predicted octanol–water partition coefficient (Wildman–Crippen LogP) is 1.78. The van der Waals surface area contributed by atoms with Gasteiger partial charge in [0, 0.05) is 6.54 Å². The second-order valence-electron chi connectivity index (χ2n) is 4.87. The molecular weight excluding hydrogens is 314 g/mol. The number of carbonyl (C=O) groups excluding carboxylic acids is 1. The van der Waals surface area contributed by atoms with Crippen molar-refractivity contribution in [1.29, 1.82) is 0 Å². The average molecular weight is 326 g/mol. The highest BCUT2D eigenvalue weighted by molar-refractivity contribution is 9.10. The molecule has 0 bridgehead atoms. The van der Waals surface area contributed by atoms with Gasteiger partial charge in [-0.25, -0.2) is 9.78 Å². The number of nitrogens with zero attached hydrogens (tertiary/aromatic N) is 2. The van der Waals surface area contributed by atoms with E-state index in [4.69, 9.17) is 5.11 Å². The summed E-state index contributed by atoms with van der Waals surface area (Å²) in [6, 6.07) is 4.61. The van der Waals surface area contributed by atoms with E-state index in [9.17, 15) is 9.59 Å². The van der Waals surface area contributed by atoms with Gasteiger partial charge < -0.3 is 10.4 Å². The molecule has 3 rings (SSSR count). The molecule has 1 aromatic rings. The number of aromatic nitrogens is 1. The number of piperidine rings is 1. The first kappa shape index (κ1) is 12.4. The molecule has 2 N–H and O–H groups in total. The van der Waals surface area contributed by atoms with Gasteiger partial charge in [0.25, 0.3) is 0 Å². The number of pyridine rings is 1. The van der Waals surface area contributed by atoms with Gasteiger partial charge in [-0.2, -0.15) is 0 Å². The molecule has 2 aliphatic rings. The summed E-state index contributed by atoms with van der Waals surface area (Å²) in [6.45, 7) is 0.462. The Kier molecular flexibility index (Phi) is 2.93. The molecule has 0 aromatic carbocycles. The number of carboxylic acid groups (broad SMARTS) is 1. The fourth-order valence-corrected chi connectivity index (χ4v) is 3.02. The number of hydrogen-bond donors (Lipinski definition) is 2. The van der Waals surface area contributed by atoms with Crippen LogP contribution >= 0.6 is 15.9 Å². The van der Waals surface area contributed by atoms with Crippen molar-refractivity contribution in [3.63, 3.8) is 0 Å². The van der Waals surface area contributed by atoms with Gasteiger partial charge in [-0.3, -0.25) is 9.69 Å². The Hall–Kier alpha value is -1.63. The number of hydrogen-bond acceptors (Lipinski definition) is 3. The van der Waals surface area contributed by atoms with Gasteiger partial charge in [0.05, 0.1) is 0 Å². The van der Waals surface area contributed by atoms with Crippen molar-refractivity contribution in [2.45, 2.75) is 12.5 Å². The highest BCUT2D eigenvalue weighted by atomic mass is 79.9. The summed E-state index contributed by atoms with van der Waals surface area (Å²) in [6.07, 6.45) is -0.0945. The van der Waals surface area contributed by atoms with Crippen molar-refractivity contribution in [3.05, 3.63) is 22.8 Å². The molecule has 1 aliphatic heterocycles. The molecule has 2 fully saturated rings. The van der Waals surface area contributed by atoms with Gasteiger partial charge in [-0.05, 0) is 46.3 Å². The summed E-state index contributed by atoms with van der Waals surface area (Å²) in [5, 5.41) is 11.8. The van der Waals surface area contributed by atoms with Crippen molar-refractivity contribution in [1.82, 2.24) is 9.88 Å². The number of carbonyl (C=O) groups is 2. The monoisotopic (exact) mass is 325 g/mol. The molecule has 100 valence electrons. The smallest absolute Gasteiger partial charge is 0.407 e. The molecule has 0 spiro atoms. The zero-order valence-electron chi connectivity index (χ0n) is 9.91. The number of nitrogens with one attached hydrogen (secondary N) is 1. The third-order valence-corrected chi connectivity index (χ3v) is 4.07. The molecule has 1 aliphatic carbocycles. The maximum atomic E-state index is 12.2. The molecule has 7 heteroatoms. The Morgan fingerprint density at radius 2 is 2.26 bits per heavy atom. The van der Waals surface area contributed by atoms with Gasteiger partial charge in [-0.15, -0.1) is 0 Å². The van der Waals surface area contributed by atoms with E-state index in [0.29, 0.717) is 22.9 Å². The molecule has 2 heterocycles. The van der Waals surface area contributed by atoms with Crippen LogP contribution in [-0.4, -0.2) is 39.6 Å². The second-order valence-corrected chi connectivity index (χ2v) is 5.69. The van der Waals surface area contributed by atoms with E-state index in [1.807, 2.05) is 0 Å². The van der Waals surface area contributed by atoms with Crippen molar-refractivity contribution in [2.75, 3.05) is 11.9 Å². The lowest BCUT2D eigenvalue weighted by Crippen LogP contribution is -2.45. The number of fused-ring (bicyclic) bond motifs is 1. The Labute approximate surface area is 117 Å². The van der Waals surface area contributed by atoms with Crippen LogP contribution in [0.3, 0.4) is 0 Å². The summed E-state index contributed by atoms with van der Waals surface area (Å²) in [7, 11) is 0. The lowest BCUT2D eigenvalue weighted by atomic mass is 10.1. The fraction of sp³-hybridized carbons (Fsp3) is 0.417. The number of likely N-dealkylation sites (tertiary alicyclic amines) is 1. The largest absolute Gasteiger partial charge is 0.465 e. The maximum absolute atomic E-state index is 12.2. The lowest BCUT2D eigenvalue weighted by Gasteiger charge is -2.23. The maximum Gasteiger partial charge on any atom is 0.407 e. The van der Waals surface area contributed by atoms with Crippen LogP contribution in [0.2, 0.25) is 0 Å². The quantitative estimate of drug-likeness (QED) is 0.812. The van der Waals surface area contributed by atoms with Crippen LogP contribution < -0.4 is 5.32 Å². The molecule has 19 heavy (non-hydrogen) atoms. The molecule has 1 saturated heterocycles. The van der Waals surface area contributed by atoms with E-state index in [0.717, 1.165) is 6.42 Å². The molecule has 3 atom stereocenters. The third kappa shape index (κ3) is 2.30. The van der Waals surface area contributed by atoms with Crippen LogP contribution in [0.5, 0.6) is 0 Å². The second kappa shape index (κ2) is 4.48. The lowest BCUT2D eigenvalue weighted by molar-refractivity contribution is -0.120. The Morgan fingerprint density at radius 3 is 2.95 bits per heavy atom. The van der Waals surface area contributed by atoms with Crippen LogP contribution in [0.4, 0.5) is 10.6 Å². The van der Waals surface area contributed by atoms with Crippen LogP contribution in [0.1, 0.15) is 6.42 Å². The van der Waals surface area contributed by atoms with Gasteiger partial charge in [0.1, 0.15) is 16.5 Å². The van der Waals surface area contributed by atoms with Gasteiger partial charge in [0.15, 0.2) is 0 Å². The van der Waals surface area contributed by atoms with Crippen LogP contribution in [0.25, 0.3) is 0 Å². The Bertz CT molecular complexity index is 551. The first-order chi connectivity index (χ1) is 9.06. The number of rotatable bonds is 2. The summed E-state index contributed by atoms with van der Waals surface area (Å²) >= 11 is 3.22. The fourth-order valence-electron chi connectivity index (χ4n) is 2.68. The zero-order valence-corrected chi connectivity index (χ0v) is 11.5. The average Bonchev–Trinajstić information content (AvgIpc) is 2.99. The van der Waals surface area contributed by atoms with Crippen molar-refractivity contribution in [3.8, 4) is 0 Å². The van der Waals surface area contributed by atoms with Gasteiger partial charge in [0.2, 0.25) is 5.91 Å². The first-order valence-electron chi connectivity index (χ1n) is 5.99. The van der Waals surface area contributed by atoms with Crippen molar-refractivity contribution in [2.24, 2.45) is 11.8 Å². The number of amides is 2. The van der Waals surface area contributed by atoms with Crippen molar-refractivity contribution >= 4 is 33.7 Å². The molecule has 6 nitrogen and oxygen atoms in total. The predicted molar refractivity (Wildman–Crippen MR) is 70.7 cm³/mol. The standard InChI is InChI=1S/C12H12BrN3O3/c13-8-2-1-3-9(14-8)15-11(17)10-7-4-6(7)5-16(10)12(18)19/h1-3,6-7,10H,4-5H2,(H,18,19)(H,14,15,17). The van der Waals surface area contributed by atoms with Crippen LogP contribution in [0.15, 0.2) is 22.8 Å². The third-order valence-electron chi connectivity index (χ3n) is 3.63. The van der Waals surface area contributed by atoms with Crippen LogP contribution in [-0.2, 0) is 4.79 Å². The minimum atomic E-state index is -1.03. The minimum Gasteiger partial charge on any atom is -0.465 e. The highest BCUT2D eigenvalue weighted by Crippen LogP contribution is 2.49. The normalized spacial score (nSPS) is 27.8. The minimum absolute atomic E-state index is 0.170.